The van der Waals surface area contributed by atoms with Gasteiger partial charge in [0.1, 0.15) is 0 Å². The van der Waals surface area contributed by atoms with Gasteiger partial charge < -0.3 is 10.1 Å². The molecule has 0 spiro atoms. The number of thioether (sulfide) groups is 1. The van der Waals surface area contributed by atoms with Crippen LogP contribution in [0.1, 0.15) is 18.4 Å². The highest BCUT2D eigenvalue weighted by atomic mass is 32.2. The van der Waals surface area contributed by atoms with Crippen molar-refractivity contribution in [1.82, 2.24) is 0 Å². The van der Waals surface area contributed by atoms with E-state index in [1.54, 1.807) is 18.2 Å². The molecule has 1 aliphatic rings. The molecule has 0 unspecified atom stereocenters. The third kappa shape index (κ3) is 5.21. The number of alkyl halides is 3. The average molecular weight is 333 g/mol. The summed E-state index contributed by atoms with van der Waals surface area (Å²) in [5, 5.41) is 2.77. The first kappa shape index (κ1) is 17.1. The molecule has 1 aromatic rings. The molecular weight excluding hydrogens is 315 g/mol. The molecular formula is C15H18F3NO2S. The maximum Gasteiger partial charge on any atom is 0.398 e. The Morgan fingerprint density at radius 3 is 2.68 bits per heavy atom. The van der Waals surface area contributed by atoms with Crippen LogP contribution >= 0.6 is 11.8 Å². The second kappa shape index (κ2) is 7.37. The number of amides is 1. The fourth-order valence-electron chi connectivity index (χ4n) is 2.22. The van der Waals surface area contributed by atoms with E-state index < -0.39 is 11.9 Å². The Labute approximate surface area is 131 Å². The number of nitrogens with one attached hydrogen (secondary N) is 1. The predicted molar refractivity (Wildman–Crippen MR) is 80.1 cm³/mol. The summed E-state index contributed by atoms with van der Waals surface area (Å²) in [6.07, 6.45) is -2.96. The molecule has 1 heterocycles. The number of carbonyl (C=O) groups is 1. The summed E-state index contributed by atoms with van der Waals surface area (Å²) in [7, 11) is 0. The lowest BCUT2D eigenvalue weighted by atomic mass is 9.99. The monoisotopic (exact) mass is 333 g/mol. The van der Waals surface area contributed by atoms with Crippen molar-refractivity contribution in [3.63, 3.8) is 0 Å². The lowest BCUT2D eigenvalue weighted by Gasteiger charge is -2.22. The van der Waals surface area contributed by atoms with Crippen LogP contribution in [0, 0.1) is 12.8 Å². The molecule has 22 heavy (non-hydrogen) atoms. The van der Waals surface area contributed by atoms with E-state index in [-0.39, 0.29) is 11.8 Å². The van der Waals surface area contributed by atoms with Gasteiger partial charge in [-0.3, -0.25) is 4.79 Å². The third-order valence-electron chi connectivity index (χ3n) is 3.38. The van der Waals surface area contributed by atoms with Crippen LogP contribution in [-0.2, 0) is 9.53 Å². The number of hydrogen-bond donors (Lipinski definition) is 1. The normalized spacial score (nSPS) is 16.5. The molecule has 0 saturated carbocycles. The van der Waals surface area contributed by atoms with Gasteiger partial charge in [0, 0.05) is 24.0 Å². The van der Waals surface area contributed by atoms with Gasteiger partial charge in [-0.25, -0.2) is 0 Å². The van der Waals surface area contributed by atoms with E-state index in [0.29, 0.717) is 48.4 Å². The number of hydrogen-bond acceptors (Lipinski definition) is 3. The van der Waals surface area contributed by atoms with Crippen LogP contribution in [0.3, 0.4) is 0 Å². The van der Waals surface area contributed by atoms with Crippen molar-refractivity contribution in [3.8, 4) is 0 Å². The first-order chi connectivity index (χ1) is 10.3. The lowest BCUT2D eigenvalue weighted by molar-refractivity contribution is -0.122. The Bertz CT molecular complexity index is 528. The molecule has 0 bridgehead atoms. The van der Waals surface area contributed by atoms with E-state index >= 15 is 0 Å². The number of rotatable bonds is 4. The van der Waals surface area contributed by atoms with Gasteiger partial charge in [-0.15, -0.1) is 11.8 Å². The maximum atomic E-state index is 12.4. The fourth-order valence-corrected chi connectivity index (χ4v) is 2.97. The Balaban J connectivity index is 2.07. The van der Waals surface area contributed by atoms with E-state index in [1.807, 2.05) is 6.92 Å². The summed E-state index contributed by atoms with van der Waals surface area (Å²) in [5.74, 6) is -1.27. The minimum atomic E-state index is -4.24. The molecule has 1 N–H and O–H groups in total. The molecule has 0 radical (unpaired) electrons. The van der Waals surface area contributed by atoms with Crippen molar-refractivity contribution in [2.75, 3.05) is 24.3 Å². The van der Waals surface area contributed by atoms with Gasteiger partial charge in [-0.1, -0.05) is 6.07 Å². The first-order valence-corrected chi connectivity index (χ1v) is 8.02. The fraction of sp³-hybridized carbons (Fsp3) is 0.533. The number of ether oxygens (including phenoxy) is 1. The van der Waals surface area contributed by atoms with Gasteiger partial charge >= 0.3 is 6.18 Å². The quantitative estimate of drug-likeness (QED) is 0.846. The first-order valence-electron chi connectivity index (χ1n) is 7.04. The van der Waals surface area contributed by atoms with Gasteiger partial charge in [0.05, 0.1) is 11.4 Å². The van der Waals surface area contributed by atoms with Crippen LogP contribution in [-0.4, -0.2) is 31.1 Å². The number of anilines is 1. The molecule has 0 aliphatic carbocycles. The summed E-state index contributed by atoms with van der Waals surface area (Å²) in [6.45, 7) is 2.92. The average Bonchev–Trinajstić information content (AvgIpc) is 2.46. The van der Waals surface area contributed by atoms with E-state index in [0.717, 1.165) is 5.56 Å². The number of aryl methyl sites for hydroxylation is 1. The molecule has 1 aromatic carbocycles. The van der Waals surface area contributed by atoms with Crippen LogP contribution in [0.15, 0.2) is 23.1 Å². The zero-order valence-corrected chi connectivity index (χ0v) is 13.0. The van der Waals surface area contributed by atoms with Crippen molar-refractivity contribution in [2.45, 2.75) is 30.8 Å². The van der Waals surface area contributed by atoms with Gasteiger partial charge in [0.25, 0.3) is 0 Å². The Hall–Kier alpha value is -1.21. The van der Waals surface area contributed by atoms with E-state index in [1.165, 1.54) is 0 Å². The summed E-state index contributed by atoms with van der Waals surface area (Å²) >= 11 is 0.687. The zero-order chi connectivity index (χ0) is 16.2. The molecule has 0 aromatic heterocycles. The highest BCUT2D eigenvalue weighted by Gasteiger charge is 2.28. The van der Waals surface area contributed by atoms with Crippen molar-refractivity contribution >= 4 is 23.4 Å². The van der Waals surface area contributed by atoms with Crippen LogP contribution in [0.4, 0.5) is 18.9 Å². The van der Waals surface area contributed by atoms with Crippen molar-refractivity contribution < 1.29 is 22.7 Å². The zero-order valence-electron chi connectivity index (χ0n) is 12.2. The molecule has 1 saturated heterocycles. The van der Waals surface area contributed by atoms with E-state index in [2.05, 4.69) is 5.32 Å². The number of halogens is 3. The predicted octanol–water partition coefficient (Wildman–Crippen LogP) is 4.01. The largest absolute Gasteiger partial charge is 0.398 e. The molecule has 3 nitrogen and oxygen atoms in total. The van der Waals surface area contributed by atoms with Gasteiger partial charge in [-0.05, 0) is 37.5 Å². The second-order valence-electron chi connectivity index (χ2n) is 5.28. The van der Waals surface area contributed by atoms with E-state index in [9.17, 15) is 18.0 Å². The SMILES string of the molecule is Cc1ccc(SCC(F)(F)F)c(NC(=O)C2CCOCC2)c1. The molecule has 0 atom stereocenters. The highest BCUT2D eigenvalue weighted by Crippen LogP contribution is 2.33. The van der Waals surface area contributed by atoms with Crippen LogP contribution in [0.25, 0.3) is 0 Å². The van der Waals surface area contributed by atoms with Crippen molar-refractivity contribution in [3.05, 3.63) is 23.8 Å². The molecule has 1 amide bonds. The standard InChI is InChI=1S/C15H18F3NO2S/c1-10-2-3-13(22-9-15(16,17)18)12(8-10)19-14(20)11-4-6-21-7-5-11/h2-3,8,11H,4-7,9H2,1H3,(H,19,20). The van der Waals surface area contributed by atoms with Crippen LogP contribution in [0.2, 0.25) is 0 Å². The van der Waals surface area contributed by atoms with Gasteiger partial charge in [0.15, 0.2) is 0 Å². The summed E-state index contributed by atoms with van der Waals surface area (Å²) in [5.41, 5.74) is 1.34. The van der Waals surface area contributed by atoms with Gasteiger partial charge in [0.2, 0.25) is 5.91 Å². The second-order valence-corrected chi connectivity index (χ2v) is 6.30. The third-order valence-corrected chi connectivity index (χ3v) is 4.52. The highest BCUT2D eigenvalue weighted by molar-refractivity contribution is 7.99. The van der Waals surface area contributed by atoms with Crippen molar-refractivity contribution in [2.24, 2.45) is 5.92 Å². The van der Waals surface area contributed by atoms with Crippen LogP contribution in [0.5, 0.6) is 0 Å². The maximum absolute atomic E-state index is 12.4. The summed E-state index contributed by atoms with van der Waals surface area (Å²) < 4.78 is 42.4. The van der Waals surface area contributed by atoms with Crippen LogP contribution < -0.4 is 5.32 Å². The van der Waals surface area contributed by atoms with Crippen molar-refractivity contribution in [1.29, 1.82) is 0 Å². The minimum absolute atomic E-state index is 0.144. The lowest BCUT2D eigenvalue weighted by Crippen LogP contribution is -2.28. The molecule has 2 rings (SSSR count). The molecule has 1 aliphatic heterocycles. The van der Waals surface area contributed by atoms with Gasteiger partial charge in [-0.2, -0.15) is 13.2 Å². The molecule has 122 valence electrons. The minimum Gasteiger partial charge on any atom is -0.381 e. The topological polar surface area (TPSA) is 38.3 Å². The smallest absolute Gasteiger partial charge is 0.381 e. The Morgan fingerprint density at radius 2 is 2.05 bits per heavy atom. The molecule has 7 heteroatoms. The summed E-state index contributed by atoms with van der Waals surface area (Å²) in [4.78, 5) is 12.7. The number of carbonyl (C=O) groups excluding carboxylic acids is 1. The Morgan fingerprint density at radius 1 is 1.36 bits per heavy atom. The Kier molecular flexibility index (Phi) is 5.74. The molecule has 1 fully saturated rings. The summed E-state index contributed by atoms with van der Waals surface area (Å²) in [6, 6.07) is 5.06. The van der Waals surface area contributed by atoms with E-state index in [4.69, 9.17) is 4.74 Å². The number of benzene rings is 1.